The second kappa shape index (κ2) is 8.18. The van der Waals surface area contributed by atoms with Crippen molar-refractivity contribution in [2.45, 2.75) is 32.2 Å². The summed E-state index contributed by atoms with van der Waals surface area (Å²) in [7, 11) is 0. The van der Waals surface area contributed by atoms with E-state index < -0.39 is 5.38 Å². The molecule has 1 aromatic rings. The summed E-state index contributed by atoms with van der Waals surface area (Å²) in [5, 5.41) is 2.29. The zero-order valence-electron chi connectivity index (χ0n) is 11.7. The lowest BCUT2D eigenvalue weighted by Gasteiger charge is -2.23. The largest absolute Gasteiger partial charge is 0.380 e. The Balaban J connectivity index is 2.61. The molecule has 3 nitrogen and oxygen atoms in total. The molecule has 0 radical (unpaired) electrons. The molecule has 1 amide bonds. The van der Waals surface area contributed by atoms with Gasteiger partial charge in [0.1, 0.15) is 5.38 Å². The van der Waals surface area contributed by atoms with Crippen LogP contribution < -0.4 is 5.32 Å². The molecule has 1 N–H and O–H groups in total. The highest BCUT2D eigenvalue weighted by atomic mass is 35.5. The molecule has 0 bridgehead atoms. The van der Waals surface area contributed by atoms with Gasteiger partial charge in [-0.05, 0) is 18.4 Å². The maximum atomic E-state index is 12.1. The monoisotopic (exact) mass is 283 g/mol. The number of halogens is 1. The smallest absolute Gasteiger partial charge is 0.242 e. The lowest BCUT2D eigenvalue weighted by atomic mass is 10.0. The van der Waals surface area contributed by atoms with E-state index in [9.17, 15) is 4.79 Å². The average molecular weight is 284 g/mol. The third-order valence-corrected chi connectivity index (χ3v) is 3.41. The molecule has 0 aliphatic heterocycles. The number of hydrogen-bond donors (Lipinski definition) is 1. The highest BCUT2D eigenvalue weighted by Crippen LogP contribution is 2.20. The predicted molar refractivity (Wildman–Crippen MR) is 78.3 cm³/mol. The molecule has 2 atom stereocenters. The molecule has 0 heterocycles. The number of carbonyl (C=O) groups is 1. The fourth-order valence-electron chi connectivity index (χ4n) is 1.67. The number of ether oxygens (including phenoxy) is 1. The van der Waals surface area contributed by atoms with E-state index in [2.05, 4.69) is 19.2 Å². The van der Waals surface area contributed by atoms with E-state index in [1.165, 1.54) is 0 Å². The molecule has 0 aromatic heterocycles. The molecule has 0 saturated heterocycles. The van der Waals surface area contributed by atoms with E-state index in [0.717, 1.165) is 5.56 Å². The van der Waals surface area contributed by atoms with Crippen LogP contribution >= 0.6 is 11.6 Å². The van der Waals surface area contributed by atoms with Gasteiger partial charge >= 0.3 is 0 Å². The highest BCUT2D eigenvalue weighted by Gasteiger charge is 2.22. The zero-order chi connectivity index (χ0) is 14.3. The van der Waals surface area contributed by atoms with Crippen LogP contribution in [0.1, 0.15) is 31.7 Å². The van der Waals surface area contributed by atoms with Gasteiger partial charge in [0, 0.05) is 6.61 Å². The van der Waals surface area contributed by atoms with Crippen molar-refractivity contribution in [3.05, 3.63) is 35.9 Å². The minimum Gasteiger partial charge on any atom is -0.380 e. The van der Waals surface area contributed by atoms with E-state index in [-0.39, 0.29) is 11.9 Å². The fourth-order valence-corrected chi connectivity index (χ4v) is 1.88. The Bertz CT molecular complexity index is 381. The highest BCUT2D eigenvalue weighted by molar-refractivity contribution is 6.30. The van der Waals surface area contributed by atoms with Crippen LogP contribution in [-0.2, 0) is 9.53 Å². The minimum atomic E-state index is -0.663. The summed E-state index contributed by atoms with van der Waals surface area (Å²) in [4.78, 5) is 12.1. The Morgan fingerprint density at radius 2 is 1.95 bits per heavy atom. The van der Waals surface area contributed by atoms with Crippen molar-refractivity contribution in [3.8, 4) is 0 Å². The molecule has 1 aromatic carbocycles. The van der Waals surface area contributed by atoms with Gasteiger partial charge in [-0.15, -0.1) is 11.6 Å². The van der Waals surface area contributed by atoms with Crippen molar-refractivity contribution in [2.75, 3.05) is 13.2 Å². The second-order valence-corrected chi connectivity index (χ2v) is 5.23. The van der Waals surface area contributed by atoms with Crippen LogP contribution in [0.4, 0.5) is 0 Å². The summed E-state index contributed by atoms with van der Waals surface area (Å²) in [5.74, 6) is 0.126. The van der Waals surface area contributed by atoms with E-state index in [1.807, 2.05) is 37.3 Å². The molecule has 4 heteroatoms. The quantitative estimate of drug-likeness (QED) is 0.781. The summed E-state index contributed by atoms with van der Waals surface area (Å²) in [6.45, 7) is 7.19. The summed E-state index contributed by atoms with van der Waals surface area (Å²) >= 11 is 6.19. The van der Waals surface area contributed by atoms with Crippen LogP contribution in [0.3, 0.4) is 0 Å². The van der Waals surface area contributed by atoms with Gasteiger partial charge in [0.05, 0.1) is 12.6 Å². The summed E-state index contributed by atoms with van der Waals surface area (Å²) < 4.78 is 5.39. The van der Waals surface area contributed by atoms with E-state index in [1.54, 1.807) is 0 Å². The Morgan fingerprint density at radius 3 is 2.47 bits per heavy atom. The first-order valence-electron chi connectivity index (χ1n) is 6.63. The minimum absolute atomic E-state index is 0.0163. The van der Waals surface area contributed by atoms with Gasteiger partial charge in [-0.2, -0.15) is 0 Å². The Morgan fingerprint density at radius 1 is 1.32 bits per heavy atom. The molecule has 106 valence electrons. The standard InChI is InChI=1S/C15H22ClNO2/c1-4-19-10-13(11(2)3)17-15(18)14(16)12-8-6-5-7-9-12/h5-9,11,13-14H,4,10H2,1-3H3,(H,17,18). The van der Waals surface area contributed by atoms with E-state index >= 15 is 0 Å². The molecule has 1 rings (SSSR count). The van der Waals surface area contributed by atoms with Crippen LogP contribution in [0.2, 0.25) is 0 Å². The molecule has 0 aliphatic carbocycles. The van der Waals surface area contributed by atoms with Crippen molar-refractivity contribution in [1.82, 2.24) is 5.32 Å². The molecule has 19 heavy (non-hydrogen) atoms. The first kappa shape index (κ1) is 16.0. The number of amides is 1. The fraction of sp³-hybridized carbons (Fsp3) is 0.533. The molecule has 0 aliphatic rings. The van der Waals surface area contributed by atoms with Crippen LogP contribution in [-0.4, -0.2) is 25.2 Å². The van der Waals surface area contributed by atoms with Crippen molar-refractivity contribution >= 4 is 17.5 Å². The number of alkyl halides is 1. The number of hydrogen-bond acceptors (Lipinski definition) is 2. The van der Waals surface area contributed by atoms with Gasteiger partial charge in [-0.1, -0.05) is 44.2 Å². The molecular formula is C15H22ClNO2. The van der Waals surface area contributed by atoms with Crippen LogP contribution in [0.5, 0.6) is 0 Å². The molecule has 0 saturated carbocycles. The third kappa shape index (κ3) is 5.21. The first-order valence-corrected chi connectivity index (χ1v) is 7.07. The zero-order valence-corrected chi connectivity index (χ0v) is 12.5. The SMILES string of the molecule is CCOCC(NC(=O)C(Cl)c1ccccc1)C(C)C. The number of benzene rings is 1. The van der Waals surface area contributed by atoms with Gasteiger partial charge in [0.2, 0.25) is 5.91 Å². The lowest BCUT2D eigenvalue weighted by molar-refractivity contribution is -0.122. The summed E-state index contributed by atoms with van der Waals surface area (Å²) in [6.07, 6.45) is 0. The van der Waals surface area contributed by atoms with Crippen LogP contribution in [0, 0.1) is 5.92 Å². The van der Waals surface area contributed by atoms with E-state index in [0.29, 0.717) is 19.1 Å². The van der Waals surface area contributed by atoms with Gasteiger partial charge in [0.15, 0.2) is 0 Å². The molecule has 0 spiro atoms. The predicted octanol–water partition coefficient (Wildman–Crippen LogP) is 3.14. The summed E-state index contributed by atoms with van der Waals surface area (Å²) in [5.41, 5.74) is 0.806. The molecular weight excluding hydrogens is 262 g/mol. The first-order chi connectivity index (χ1) is 9.06. The second-order valence-electron chi connectivity index (χ2n) is 4.79. The third-order valence-electron chi connectivity index (χ3n) is 2.96. The number of carbonyl (C=O) groups excluding carboxylic acids is 1. The number of rotatable bonds is 7. The van der Waals surface area contributed by atoms with Crippen molar-refractivity contribution < 1.29 is 9.53 Å². The normalized spacial score (nSPS) is 14.2. The number of nitrogens with one attached hydrogen (secondary N) is 1. The van der Waals surface area contributed by atoms with Crippen molar-refractivity contribution in [3.63, 3.8) is 0 Å². The Kier molecular flexibility index (Phi) is 6.89. The Labute approximate surface area is 120 Å². The molecule has 0 fully saturated rings. The van der Waals surface area contributed by atoms with E-state index in [4.69, 9.17) is 16.3 Å². The molecule has 2 unspecified atom stereocenters. The van der Waals surface area contributed by atoms with Crippen LogP contribution in [0.15, 0.2) is 30.3 Å². The average Bonchev–Trinajstić information content (AvgIpc) is 2.43. The Hall–Kier alpha value is -1.06. The van der Waals surface area contributed by atoms with Gasteiger partial charge in [-0.25, -0.2) is 0 Å². The van der Waals surface area contributed by atoms with Crippen LogP contribution in [0.25, 0.3) is 0 Å². The van der Waals surface area contributed by atoms with Crippen molar-refractivity contribution in [2.24, 2.45) is 5.92 Å². The topological polar surface area (TPSA) is 38.3 Å². The lowest BCUT2D eigenvalue weighted by Crippen LogP contribution is -2.43. The maximum Gasteiger partial charge on any atom is 0.242 e. The summed E-state index contributed by atoms with van der Waals surface area (Å²) in [6, 6.07) is 9.33. The van der Waals surface area contributed by atoms with Gasteiger partial charge in [0.25, 0.3) is 0 Å². The van der Waals surface area contributed by atoms with Gasteiger partial charge < -0.3 is 10.1 Å². The maximum absolute atomic E-state index is 12.1. The van der Waals surface area contributed by atoms with Crippen molar-refractivity contribution in [1.29, 1.82) is 0 Å². The van der Waals surface area contributed by atoms with Gasteiger partial charge in [-0.3, -0.25) is 4.79 Å².